The maximum Gasteiger partial charge on any atom is 0.416 e. The van der Waals surface area contributed by atoms with E-state index >= 15 is 0 Å². The summed E-state index contributed by atoms with van der Waals surface area (Å²) in [6.07, 6.45) is -14.6. The smallest absolute Gasteiger partial charge is 0.388 e. The van der Waals surface area contributed by atoms with Crippen molar-refractivity contribution < 1.29 is 55.5 Å². The zero-order chi connectivity index (χ0) is 34.6. The molecule has 4 aromatic rings. The van der Waals surface area contributed by atoms with Gasteiger partial charge in [0.25, 0.3) is 0 Å². The number of hydrogen-bond acceptors (Lipinski definition) is 6. The van der Waals surface area contributed by atoms with Crippen LogP contribution < -0.4 is 0 Å². The molecular formula is C36H36F6O6. The molecule has 0 saturated carbocycles. The van der Waals surface area contributed by atoms with Gasteiger partial charge in [-0.25, -0.2) is 0 Å². The van der Waals surface area contributed by atoms with Crippen LogP contribution >= 0.6 is 0 Å². The van der Waals surface area contributed by atoms with Crippen molar-refractivity contribution >= 4 is 0 Å². The maximum absolute atomic E-state index is 13.0. The van der Waals surface area contributed by atoms with Crippen molar-refractivity contribution in [2.75, 3.05) is 13.2 Å². The summed E-state index contributed by atoms with van der Waals surface area (Å²) in [5, 5.41) is 22.7. The van der Waals surface area contributed by atoms with Gasteiger partial charge < -0.3 is 29.2 Å². The molecule has 0 aromatic heterocycles. The molecule has 0 fully saturated rings. The van der Waals surface area contributed by atoms with Crippen LogP contribution in [0, 0.1) is 0 Å². The van der Waals surface area contributed by atoms with Crippen LogP contribution in [0.25, 0.3) is 0 Å². The number of hydrogen-bond donors (Lipinski definition) is 2. The summed E-state index contributed by atoms with van der Waals surface area (Å²) < 4.78 is 102. The van der Waals surface area contributed by atoms with Gasteiger partial charge in [-0.2, -0.15) is 26.3 Å². The molecule has 0 unspecified atom stereocenters. The summed E-state index contributed by atoms with van der Waals surface area (Å²) in [4.78, 5) is 0. The van der Waals surface area contributed by atoms with E-state index in [1.165, 1.54) is 24.3 Å². The fourth-order valence-corrected chi connectivity index (χ4v) is 4.65. The Kier molecular flexibility index (Phi) is 13.6. The highest BCUT2D eigenvalue weighted by molar-refractivity contribution is 5.25. The van der Waals surface area contributed by atoms with Gasteiger partial charge in [-0.3, -0.25) is 0 Å². The zero-order valence-corrected chi connectivity index (χ0v) is 25.7. The van der Waals surface area contributed by atoms with Crippen molar-refractivity contribution in [3.05, 3.63) is 143 Å². The van der Waals surface area contributed by atoms with E-state index in [9.17, 15) is 36.6 Å². The summed E-state index contributed by atoms with van der Waals surface area (Å²) >= 11 is 0. The Bertz CT molecular complexity index is 1370. The summed E-state index contributed by atoms with van der Waals surface area (Å²) in [6.45, 7) is -0.518. The van der Waals surface area contributed by atoms with Gasteiger partial charge in [0.2, 0.25) is 0 Å². The Balaban J connectivity index is 1.47. The lowest BCUT2D eigenvalue weighted by atomic mass is 10.0. The third-order valence-corrected chi connectivity index (χ3v) is 7.39. The molecule has 48 heavy (non-hydrogen) atoms. The van der Waals surface area contributed by atoms with E-state index in [1.54, 1.807) is 0 Å². The van der Waals surface area contributed by atoms with E-state index < -0.39 is 47.9 Å². The van der Waals surface area contributed by atoms with E-state index in [0.717, 1.165) is 35.4 Å². The summed E-state index contributed by atoms with van der Waals surface area (Å²) in [5.74, 6) is 0. The normalized spacial score (nSPS) is 14.8. The topological polar surface area (TPSA) is 77.4 Å². The molecule has 0 spiro atoms. The van der Waals surface area contributed by atoms with Gasteiger partial charge in [-0.05, 0) is 46.5 Å². The van der Waals surface area contributed by atoms with Gasteiger partial charge in [0.05, 0.1) is 50.8 Å². The SMILES string of the molecule is O[C@@H]([C@H](O)[C@@H](COCc1ccccc1)OCc1ccc(C(F)(F)F)cc1)[C@@H](COCc1ccccc1)OCc1ccc(C(F)(F)F)cc1. The standard InChI is InChI=1S/C36H36F6O6/c37-35(38,39)29-15-11-27(12-16-29)21-47-31(23-45-19-25-7-3-1-4-8-25)33(43)34(44)32(24-46-20-26-9-5-2-6-10-26)48-22-28-13-17-30(18-14-28)36(40,41)42/h1-18,31-34,43-44H,19-24H2/t31-,32-,33-,34-/m1/s1. The van der Waals surface area contributed by atoms with Crippen LogP contribution in [0.1, 0.15) is 33.4 Å². The monoisotopic (exact) mass is 678 g/mol. The number of rotatable bonds is 17. The molecule has 4 atom stereocenters. The number of benzene rings is 4. The molecule has 0 bridgehead atoms. The van der Waals surface area contributed by atoms with Crippen molar-refractivity contribution in [2.45, 2.75) is 63.2 Å². The van der Waals surface area contributed by atoms with Gasteiger partial charge in [0.1, 0.15) is 24.4 Å². The van der Waals surface area contributed by atoms with Crippen LogP contribution in [-0.4, -0.2) is 47.8 Å². The molecule has 258 valence electrons. The van der Waals surface area contributed by atoms with Crippen molar-refractivity contribution in [2.24, 2.45) is 0 Å². The molecule has 0 heterocycles. The highest BCUT2D eigenvalue weighted by Gasteiger charge is 2.35. The molecule has 2 N–H and O–H groups in total. The quantitative estimate of drug-likeness (QED) is 0.114. The number of ether oxygens (including phenoxy) is 4. The lowest BCUT2D eigenvalue weighted by Gasteiger charge is -2.32. The molecule has 12 heteroatoms. The van der Waals surface area contributed by atoms with Crippen LogP contribution in [0.3, 0.4) is 0 Å². The molecular weight excluding hydrogens is 642 g/mol. The first-order valence-corrected chi connectivity index (χ1v) is 15.0. The van der Waals surface area contributed by atoms with Gasteiger partial charge in [0.15, 0.2) is 0 Å². The molecule has 0 aliphatic rings. The first-order valence-electron chi connectivity index (χ1n) is 15.0. The Labute approximate surface area is 274 Å². The Morgan fingerprint density at radius 1 is 0.438 bits per heavy atom. The zero-order valence-electron chi connectivity index (χ0n) is 25.7. The summed E-state index contributed by atoms with van der Waals surface area (Å²) in [5.41, 5.74) is 0.793. The largest absolute Gasteiger partial charge is 0.416 e. The van der Waals surface area contributed by atoms with Crippen LogP contribution in [-0.2, 0) is 57.7 Å². The van der Waals surface area contributed by atoms with Crippen LogP contribution in [0.15, 0.2) is 109 Å². The van der Waals surface area contributed by atoms with E-state index in [-0.39, 0.29) is 39.6 Å². The van der Waals surface area contributed by atoms with Gasteiger partial charge in [-0.15, -0.1) is 0 Å². The molecule has 4 aromatic carbocycles. The Hall–Kier alpha value is -3.78. The minimum absolute atomic E-state index is 0.151. The molecule has 0 amide bonds. The summed E-state index contributed by atoms with van der Waals surface area (Å²) in [6, 6.07) is 27.0. The first kappa shape index (κ1) is 37.0. The second-order valence-electron chi connectivity index (χ2n) is 11.1. The third kappa shape index (κ3) is 11.7. The van der Waals surface area contributed by atoms with Crippen molar-refractivity contribution in [1.29, 1.82) is 0 Å². The molecule has 6 nitrogen and oxygen atoms in total. The minimum Gasteiger partial charge on any atom is -0.388 e. The third-order valence-electron chi connectivity index (χ3n) is 7.39. The molecule has 0 aliphatic heterocycles. The average molecular weight is 679 g/mol. The molecule has 0 radical (unpaired) electrons. The van der Waals surface area contributed by atoms with Crippen molar-refractivity contribution in [3.8, 4) is 0 Å². The average Bonchev–Trinajstić information content (AvgIpc) is 3.07. The second kappa shape index (κ2) is 17.6. The molecule has 0 saturated heterocycles. The first-order chi connectivity index (χ1) is 22.9. The molecule has 4 rings (SSSR count). The minimum atomic E-state index is -4.51. The predicted octanol–water partition coefficient (Wildman–Crippen LogP) is 7.35. The maximum atomic E-state index is 13.0. The Morgan fingerprint density at radius 2 is 0.750 bits per heavy atom. The second-order valence-corrected chi connectivity index (χ2v) is 11.1. The fourth-order valence-electron chi connectivity index (χ4n) is 4.65. The number of halogens is 6. The lowest BCUT2D eigenvalue weighted by molar-refractivity contribution is -0.170. The lowest BCUT2D eigenvalue weighted by Crippen LogP contribution is -2.49. The van der Waals surface area contributed by atoms with Crippen LogP contribution in [0.2, 0.25) is 0 Å². The highest BCUT2D eigenvalue weighted by Crippen LogP contribution is 2.30. The van der Waals surface area contributed by atoms with Crippen molar-refractivity contribution in [1.82, 2.24) is 0 Å². The number of aliphatic hydroxyl groups is 2. The fraction of sp³-hybridized carbons (Fsp3) is 0.333. The highest BCUT2D eigenvalue weighted by atomic mass is 19.4. The number of aliphatic hydroxyl groups excluding tert-OH is 2. The molecule has 0 aliphatic carbocycles. The van der Waals surface area contributed by atoms with Crippen LogP contribution in [0.5, 0.6) is 0 Å². The van der Waals surface area contributed by atoms with Gasteiger partial charge >= 0.3 is 12.4 Å². The predicted molar refractivity (Wildman–Crippen MR) is 164 cm³/mol. The van der Waals surface area contributed by atoms with E-state index in [2.05, 4.69) is 0 Å². The number of alkyl halides is 6. The van der Waals surface area contributed by atoms with E-state index in [4.69, 9.17) is 18.9 Å². The van der Waals surface area contributed by atoms with Crippen molar-refractivity contribution in [3.63, 3.8) is 0 Å². The summed E-state index contributed by atoms with van der Waals surface area (Å²) in [7, 11) is 0. The van der Waals surface area contributed by atoms with Gasteiger partial charge in [-0.1, -0.05) is 84.9 Å². The Morgan fingerprint density at radius 3 is 1.06 bits per heavy atom. The van der Waals surface area contributed by atoms with E-state index in [1.807, 2.05) is 60.7 Å². The van der Waals surface area contributed by atoms with E-state index in [0.29, 0.717) is 11.1 Å². The van der Waals surface area contributed by atoms with Gasteiger partial charge in [0, 0.05) is 0 Å². The van der Waals surface area contributed by atoms with Crippen LogP contribution in [0.4, 0.5) is 26.3 Å².